The minimum atomic E-state index is 0.240. The molecule has 0 spiro atoms. The van der Waals surface area contributed by atoms with Crippen molar-refractivity contribution in [3.05, 3.63) is 11.6 Å². The molecule has 5 heteroatoms. The van der Waals surface area contributed by atoms with E-state index in [9.17, 15) is 0 Å². The molecule has 14 heavy (non-hydrogen) atoms. The highest BCUT2D eigenvalue weighted by Crippen LogP contribution is 2.04. The van der Waals surface area contributed by atoms with Gasteiger partial charge in [-0.15, -0.1) is 10.2 Å². The predicted molar refractivity (Wildman–Crippen MR) is 53.8 cm³/mol. The molecule has 0 unspecified atom stereocenters. The smallest absolute Gasteiger partial charge is 0.133 e. The average molecular weight is 198 g/mol. The molecular formula is C9H18N4O. The first kappa shape index (κ1) is 11.1. The standard InChI is InChI=1S/C9H18N4O/c1-8-11-12-9(4-2-3-7-14)13(8)6-5-10/h14H,2-7,10H2,1H3. The zero-order valence-electron chi connectivity index (χ0n) is 8.61. The molecule has 3 N–H and O–H groups in total. The molecule has 0 bridgehead atoms. The van der Waals surface area contributed by atoms with Gasteiger partial charge in [0.25, 0.3) is 0 Å². The van der Waals surface area contributed by atoms with Crippen LogP contribution in [0.4, 0.5) is 0 Å². The third-order valence-electron chi connectivity index (χ3n) is 2.17. The lowest BCUT2D eigenvalue weighted by molar-refractivity contribution is 0.284. The van der Waals surface area contributed by atoms with Crippen molar-refractivity contribution < 1.29 is 5.11 Å². The first-order valence-corrected chi connectivity index (χ1v) is 4.99. The summed E-state index contributed by atoms with van der Waals surface area (Å²) < 4.78 is 2.04. The molecule has 0 aliphatic carbocycles. The third-order valence-corrected chi connectivity index (χ3v) is 2.17. The van der Waals surface area contributed by atoms with Gasteiger partial charge in [-0.2, -0.15) is 0 Å². The Morgan fingerprint density at radius 3 is 2.79 bits per heavy atom. The van der Waals surface area contributed by atoms with Crippen molar-refractivity contribution in [1.29, 1.82) is 0 Å². The lowest BCUT2D eigenvalue weighted by Crippen LogP contribution is -2.14. The second-order valence-corrected chi connectivity index (χ2v) is 3.28. The maximum atomic E-state index is 8.66. The SMILES string of the molecule is Cc1nnc(CCCCO)n1CCN. The van der Waals surface area contributed by atoms with Gasteiger partial charge in [-0.3, -0.25) is 0 Å². The number of aromatic nitrogens is 3. The van der Waals surface area contributed by atoms with Crippen molar-refractivity contribution >= 4 is 0 Å². The van der Waals surface area contributed by atoms with Gasteiger partial charge in [-0.1, -0.05) is 0 Å². The summed E-state index contributed by atoms with van der Waals surface area (Å²) in [6.07, 6.45) is 2.62. The van der Waals surface area contributed by atoms with Gasteiger partial charge in [0.05, 0.1) is 0 Å². The van der Waals surface area contributed by atoms with Gasteiger partial charge in [-0.25, -0.2) is 0 Å². The highest BCUT2D eigenvalue weighted by Gasteiger charge is 2.06. The van der Waals surface area contributed by atoms with E-state index in [0.29, 0.717) is 6.54 Å². The summed E-state index contributed by atoms with van der Waals surface area (Å²) in [4.78, 5) is 0. The van der Waals surface area contributed by atoms with Gasteiger partial charge in [0.15, 0.2) is 0 Å². The van der Waals surface area contributed by atoms with Crippen LogP contribution in [0.3, 0.4) is 0 Å². The summed E-state index contributed by atoms with van der Waals surface area (Å²) in [5.74, 6) is 1.89. The van der Waals surface area contributed by atoms with Gasteiger partial charge >= 0.3 is 0 Å². The van der Waals surface area contributed by atoms with Crippen molar-refractivity contribution in [1.82, 2.24) is 14.8 Å². The van der Waals surface area contributed by atoms with Crippen LogP contribution >= 0.6 is 0 Å². The molecule has 1 aromatic rings. The number of rotatable bonds is 6. The van der Waals surface area contributed by atoms with Gasteiger partial charge < -0.3 is 15.4 Å². The fraction of sp³-hybridized carbons (Fsp3) is 0.778. The molecule has 0 radical (unpaired) electrons. The molecule has 5 nitrogen and oxygen atoms in total. The fourth-order valence-electron chi connectivity index (χ4n) is 1.42. The van der Waals surface area contributed by atoms with E-state index in [-0.39, 0.29) is 6.61 Å². The molecule has 0 fully saturated rings. The van der Waals surface area contributed by atoms with Crippen molar-refractivity contribution in [2.45, 2.75) is 32.7 Å². The number of nitrogens with two attached hydrogens (primary N) is 1. The molecule has 0 amide bonds. The number of aliphatic hydroxyl groups is 1. The predicted octanol–water partition coefficient (Wildman–Crippen LogP) is -0.140. The summed E-state index contributed by atoms with van der Waals surface area (Å²) in [7, 11) is 0. The molecule has 80 valence electrons. The number of nitrogens with zero attached hydrogens (tertiary/aromatic N) is 3. The molecule has 1 aromatic heterocycles. The van der Waals surface area contributed by atoms with Crippen LogP contribution in [0, 0.1) is 6.92 Å². The van der Waals surface area contributed by atoms with E-state index < -0.39 is 0 Å². The average Bonchev–Trinajstić information content (AvgIpc) is 2.51. The zero-order chi connectivity index (χ0) is 10.4. The van der Waals surface area contributed by atoms with E-state index in [0.717, 1.165) is 37.5 Å². The Morgan fingerprint density at radius 1 is 1.36 bits per heavy atom. The largest absolute Gasteiger partial charge is 0.396 e. The van der Waals surface area contributed by atoms with Crippen molar-refractivity contribution in [3.8, 4) is 0 Å². The number of aliphatic hydroxyl groups excluding tert-OH is 1. The van der Waals surface area contributed by atoms with E-state index in [4.69, 9.17) is 10.8 Å². The third kappa shape index (κ3) is 2.78. The Balaban J connectivity index is 2.56. The molecule has 0 atom stereocenters. The van der Waals surface area contributed by atoms with Gasteiger partial charge in [0, 0.05) is 26.1 Å². The van der Waals surface area contributed by atoms with E-state index in [1.165, 1.54) is 0 Å². The molecule has 1 rings (SSSR count). The number of unbranched alkanes of at least 4 members (excludes halogenated alkanes) is 1. The molecule has 0 aromatic carbocycles. The lowest BCUT2D eigenvalue weighted by Gasteiger charge is -2.05. The molecular weight excluding hydrogens is 180 g/mol. The summed E-state index contributed by atoms with van der Waals surface area (Å²) in [5, 5.41) is 16.8. The maximum absolute atomic E-state index is 8.66. The fourth-order valence-corrected chi connectivity index (χ4v) is 1.42. The van der Waals surface area contributed by atoms with Crippen molar-refractivity contribution in [2.24, 2.45) is 5.73 Å². The van der Waals surface area contributed by atoms with Crippen LogP contribution in [0.1, 0.15) is 24.5 Å². The monoisotopic (exact) mass is 198 g/mol. The van der Waals surface area contributed by atoms with E-state index in [2.05, 4.69) is 10.2 Å². The number of hydrogen-bond acceptors (Lipinski definition) is 4. The van der Waals surface area contributed by atoms with E-state index >= 15 is 0 Å². The summed E-state index contributed by atoms with van der Waals surface area (Å²) in [5.41, 5.74) is 5.50. The lowest BCUT2D eigenvalue weighted by atomic mass is 10.2. The van der Waals surface area contributed by atoms with Crippen LogP contribution in [0.5, 0.6) is 0 Å². The normalized spacial score (nSPS) is 10.8. The number of aryl methyl sites for hydroxylation is 2. The van der Waals surface area contributed by atoms with Crippen molar-refractivity contribution in [2.75, 3.05) is 13.2 Å². The Bertz CT molecular complexity index is 272. The second-order valence-electron chi connectivity index (χ2n) is 3.28. The second kappa shape index (κ2) is 5.72. The number of hydrogen-bond donors (Lipinski definition) is 2. The Kier molecular flexibility index (Phi) is 4.55. The summed E-state index contributed by atoms with van der Waals surface area (Å²) >= 11 is 0. The van der Waals surface area contributed by atoms with Crippen LogP contribution in [0.2, 0.25) is 0 Å². The highest BCUT2D eigenvalue weighted by molar-refractivity contribution is 4.94. The summed E-state index contributed by atoms with van der Waals surface area (Å²) in [6.45, 7) is 3.54. The Labute approximate surface area is 83.9 Å². The topological polar surface area (TPSA) is 77.0 Å². The van der Waals surface area contributed by atoms with Gasteiger partial charge in [-0.05, 0) is 19.8 Å². The van der Waals surface area contributed by atoms with Crippen molar-refractivity contribution in [3.63, 3.8) is 0 Å². The Hall–Kier alpha value is -0.940. The highest BCUT2D eigenvalue weighted by atomic mass is 16.2. The zero-order valence-corrected chi connectivity index (χ0v) is 8.61. The van der Waals surface area contributed by atoms with Gasteiger partial charge in [0.2, 0.25) is 0 Å². The quantitative estimate of drug-likeness (QED) is 0.624. The van der Waals surface area contributed by atoms with Crippen LogP contribution in [0.25, 0.3) is 0 Å². The molecule has 0 saturated carbocycles. The minimum absolute atomic E-state index is 0.240. The Morgan fingerprint density at radius 2 is 2.14 bits per heavy atom. The van der Waals surface area contributed by atoms with Crippen LogP contribution in [0.15, 0.2) is 0 Å². The molecule has 0 aliphatic rings. The van der Waals surface area contributed by atoms with Gasteiger partial charge in [0.1, 0.15) is 11.6 Å². The van der Waals surface area contributed by atoms with Crippen LogP contribution in [-0.2, 0) is 13.0 Å². The molecule has 0 saturated heterocycles. The first-order valence-electron chi connectivity index (χ1n) is 4.99. The van der Waals surface area contributed by atoms with Crippen LogP contribution in [-0.4, -0.2) is 33.0 Å². The minimum Gasteiger partial charge on any atom is -0.396 e. The first-order chi connectivity index (χ1) is 6.79. The van der Waals surface area contributed by atoms with E-state index in [1.807, 2.05) is 11.5 Å². The molecule has 1 heterocycles. The van der Waals surface area contributed by atoms with Crippen LogP contribution < -0.4 is 5.73 Å². The van der Waals surface area contributed by atoms with E-state index in [1.54, 1.807) is 0 Å². The summed E-state index contributed by atoms with van der Waals surface area (Å²) in [6, 6.07) is 0. The maximum Gasteiger partial charge on any atom is 0.133 e. The molecule has 0 aliphatic heterocycles.